The van der Waals surface area contributed by atoms with E-state index in [9.17, 15) is 9.59 Å². The lowest BCUT2D eigenvalue weighted by Crippen LogP contribution is -2.47. The summed E-state index contributed by atoms with van der Waals surface area (Å²) in [6, 6.07) is -0.588. The van der Waals surface area contributed by atoms with Gasteiger partial charge in [0.1, 0.15) is 6.04 Å². The number of carboxylic acid groups (broad SMARTS) is 1. The third-order valence-corrected chi connectivity index (χ3v) is 4.63. The number of nitrogens with zero attached hydrogens (tertiary/aromatic N) is 1. The van der Waals surface area contributed by atoms with Gasteiger partial charge in [0.25, 0.3) is 0 Å². The van der Waals surface area contributed by atoms with Gasteiger partial charge in [-0.15, -0.1) is 0 Å². The molecule has 0 aromatic rings. The Hall–Kier alpha value is -1.06. The summed E-state index contributed by atoms with van der Waals surface area (Å²) < 4.78 is 0. The summed E-state index contributed by atoms with van der Waals surface area (Å²) in [5, 5.41) is 9.17. The molecule has 2 aliphatic rings. The Morgan fingerprint density at radius 1 is 1.17 bits per heavy atom. The number of carboxylic acids is 1. The highest BCUT2D eigenvalue weighted by Gasteiger charge is 2.43. The van der Waals surface area contributed by atoms with Crippen LogP contribution in [0.25, 0.3) is 0 Å². The zero-order chi connectivity index (χ0) is 13.3. The number of carbonyl (C=O) groups excluding carboxylic acids is 1. The van der Waals surface area contributed by atoms with Crippen molar-refractivity contribution in [3.63, 3.8) is 0 Å². The summed E-state index contributed by atoms with van der Waals surface area (Å²) >= 11 is 0. The number of carbonyl (C=O) groups is 2. The van der Waals surface area contributed by atoms with Gasteiger partial charge in [0, 0.05) is 12.5 Å². The van der Waals surface area contributed by atoms with Crippen molar-refractivity contribution in [2.24, 2.45) is 11.3 Å². The number of aliphatic carboxylic acids is 1. The van der Waals surface area contributed by atoms with Gasteiger partial charge in [0.05, 0.1) is 0 Å². The van der Waals surface area contributed by atoms with Gasteiger partial charge < -0.3 is 10.0 Å². The average molecular weight is 253 g/mol. The fourth-order valence-corrected chi connectivity index (χ4v) is 3.44. The number of rotatable bonds is 2. The van der Waals surface area contributed by atoms with Crippen LogP contribution < -0.4 is 0 Å². The minimum absolute atomic E-state index is 0.00574. The first-order valence-electron chi connectivity index (χ1n) is 6.97. The smallest absolute Gasteiger partial charge is 0.326 e. The number of amides is 1. The van der Waals surface area contributed by atoms with Gasteiger partial charge in [-0.25, -0.2) is 4.79 Å². The molecule has 2 atom stereocenters. The summed E-state index contributed by atoms with van der Waals surface area (Å²) in [6.45, 7) is 4.89. The van der Waals surface area contributed by atoms with Crippen molar-refractivity contribution in [3.8, 4) is 0 Å². The monoisotopic (exact) mass is 253 g/mol. The molecule has 0 aromatic heterocycles. The van der Waals surface area contributed by atoms with E-state index in [1.54, 1.807) is 4.90 Å². The van der Waals surface area contributed by atoms with Crippen molar-refractivity contribution < 1.29 is 14.7 Å². The van der Waals surface area contributed by atoms with Crippen molar-refractivity contribution in [2.45, 2.75) is 58.4 Å². The Bertz CT molecular complexity index is 351. The zero-order valence-corrected chi connectivity index (χ0v) is 11.3. The maximum absolute atomic E-state index is 12.6. The maximum atomic E-state index is 12.6. The molecule has 1 heterocycles. The molecule has 0 aromatic carbocycles. The van der Waals surface area contributed by atoms with Crippen LogP contribution in [0, 0.1) is 11.3 Å². The third-order valence-electron chi connectivity index (χ3n) is 4.63. The van der Waals surface area contributed by atoms with E-state index in [-0.39, 0.29) is 17.2 Å². The lowest BCUT2D eigenvalue weighted by Gasteiger charge is -2.40. The van der Waals surface area contributed by atoms with Gasteiger partial charge >= 0.3 is 5.97 Å². The highest BCUT2D eigenvalue weighted by molar-refractivity contribution is 5.86. The second-order valence-corrected chi connectivity index (χ2v) is 6.31. The van der Waals surface area contributed by atoms with Crippen LogP contribution in [-0.2, 0) is 9.59 Å². The second kappa shape index (κ2) is 4.90. The molecule has 1 aliphatic carbocycles. The average Bonchev–Trinajstić information content (AvgIpc) is 2.76. The van der Waals surface area contributed by atoms with E-state index in [1.165, 1.54) is 6.42 Å². The van der Waals surface area contributed by atoms with Crippen LogP contribution in [-0.4, -0.2) is 34.5 Å². The lowest BCUT2D eigenvalue weighted by atomic mass is 9.68. The molecule has 0 spiro atoms. The molecule has 1 saturated heterocycles. The molecule has 4 heteroatoms. The lowest BCUT2D eigenvalue weighted by molar-refractivity contribution is -0.152. The van der Waals surface area contributed by atoms with Crippen LogP contribution in [0.15, 0.2) is 0 Å². The van der Waals surface area contributed by atoms with E-state index in [0.29, 0.717) is 13.0 Å². The van der Waals surface area contributed by atoms with Gasteiger partial charge in [0.15, 0.2) is 0 Å². The largest absolute Gasteiger partial charge is 0.480 e. The summed E-state index contributed by atoms with van der Waals surface area (Å²) in [5.74, 6) is -0.773. The fraction of sp³-hybridized carbons (Fsp3) is 0.857. The van der Waals surface area contributed by atoms with Crippen molar-refractivity contribution in [1.29, 1.82) is 0 Å². The predicted molar refractivity (Wildman–Crippen MR) is 68.1 cm³/mol. The van der Waals surface area contributed by atoms with Crippen molar-refractivity contribution >= 4 is 11.9 Å². The molecule has 0 bridgehead atoms. The standard InChI is InChI=1S/C14H23NO3/c1-14(2)8-4-3-6-10(14)12(16)15-9-5-7-11(15)13(17)18/h10-11H,3-9H2,1-2H3,(H,17,18)/t10?,11-/m0/s1. The predicted octanol–water partition coefficient (Wildman–Crippen LogP) is 2.28. The van der Waals surface area contributed by atoms with Gasteiger partial charge in [0.2, 0.25) is 5.91 Å². The number of hydrogen-bond donors (Lipinski definition) is 1. The van der Waals surface area contributed by atoms with Crippen molar-refractivity contribution in [2.75, 3.05) is 6.54 Å². The van der Waals surface area contributed by atoms with Gasteiger partial charge in [-0.3, -0.25) is 4.79 Å². The first-order chi connectivity index (χ1) is 8.43. The van der Waals surface area contributed by atoms with Crippen molar-refractivity contribution in [1.82, 2.24) is 4.90 Å². The molecule has 2 rings (SSSR count). The van der Waals surface area contributed by atoms with Crippen LogP contribution in [0.5, 0.6) is 0 Å². The minimum Gasteiger partial charge on any atom is -0.480 e. The van der Waals surface area contributed by atoms with Crippen molar-refractivity contribution in [3.05, 3.63) is 0 Å². The van der Waals surface area contributed by atoms with E-state index < -0.39 is 12.0 Å². The highest BCUT2D eigenvalue weighted by atomic mass is 16.4. The number of likely N-dealkylation sites (tertiary alicyclic amines) is 1. The quantitative estimate of drug-likeness (QED) is 0.821. The normalized spacial score (nSPS) is 31.3. The topological polar surface area (TPSA) is 57.6 Å². The number of hydrogen-bond acceptors (Lipinski definition) is 2. The van der Waals surface area contributed by atoms with Gasteiger partial charge in [-0.2, -0.15) is 0 Å². The molecule has 0 radical (unpaired) electrons. The van der Waals surface area contributed by atoms with E-state index in [2.05, 4.69) is 13.8 Å². The Morgan fingerprint density at radius 3 is 2.50 bits per heavy atom. The molecule has 18 heavy (non-hydrogen) atoms. The second-order valence-electron chi connectivity index (χ2n) is 6.31. The fourth-order valence-electron chi connectivity index (χ4n) is 3.44. The van der Waals surface area contributed by atoms with Gasteiger partial charge in [-0.05, 0) is 31.1 Å². The Labute approximate surface area is 108 Å². The highest BCUT2D eigenvalue weighted by Crippen LogP contribution is 2.42. The van der Waals surface area contributed by atoms with E-state index in [4.69, 9.17) is 5.11 Å². The van der Waals surface area contributed by atoms with E-state index in [0.717, 1.165) is 25.7 Å². The minimum atomic E-state index is -0.852. The van der Waals surface area contributed by atoms with Crippen LogP contribution in [0.1, 0.15) is 52.4 Å². The first kappa shape index (κ1) is 13.4. The molecule has 1 aliphatic heterocycles. The molecule has 2 fully saturated rings. The summed E-state index contributed by atoms with van der Waals surface area (Å²) in [4.78, 5) is 25.4. The molecular weight excluding hydrogens is 230 g/mol. The first-order valence-corrected chi connectivity index (χ1v) is 6.97. The molecule has 1 amide bonds. The SMILES string of the molecule is CC1(C)CCCCC1C(=O)N1CCC[C@H]1C(=O)O. The molecule has 1 unspecified atom stereocenters. The van der Waals surface area contributed by atoms with Crippen LogP contribution in [0.4, 0.5) is 0 Å². The Morgan fingerprint density at radius 2 is 1.89 bits per heavy atom. The summed E-state index contributed by atoms with van der Waals surface area (Å²) in [6.07, 6.45) is 5.66. The molecule has 4 nitrogen and oxygen atoms in total. The van der Waals surface area contributed by atoms with Gasteiger partial charge in [-0.1, -0.05) is 26.7 Å². The maximum Gasteiger partial charge on any atom is 0.326 e. The third kappa shape index (κ3) is 2.38. The Balaban J connectivity index is 2.12. The molecule has 1 saturated carbocycles. The zero-order valence-electron chi connectivity index (χ0n) is 11.3. The molecular formula is C14H23NO3. The molecule has 1 N–H and O–H groups in total. The molecule has 102 valence electrons. The van der Waals surface area contributed by atoms with E-state index in [1.807, 2.05) is 0 Å². The Kier molecular flexibility index (Phi) is 3.64. The van der Waals surface area contributed by atoms with E-state index >= 15 is 0 Å². The van der Waals surface area contributed by atoms with Crippen LogP contribution in [0.3, 0.4) is 0 Å². The summed E-state index contributed by atoms with van der Waals surface area (Å²) in [5.41, 5.74) is 0.0149. The van der Waals surface area contributed by atoms with Crippen LogP contribution >= 0.6 is 0 Å². The van der Waals surface area contributed by atoms with Crippen LogP contribution in [0.2, 0.25) is 0 Å². The summed E-state index contributed by atoms with van der Waals surface area (Å²) in [7, 11) is 0.